The van der Waals surface area contributed by atoms with Crippen molar-refractivity contribution in [3.05, 3.63) is 35.6 Å². The molecule has 1 aliphatic carbocycles. The minimum absolute atomic E-state index is 0.369. The molecule has 3 nitrogen and oxygen atoms in total. The van der Waals surface area contributed by atoms with Gasteiger partial charge in [-0.05, 0) is 12.0 Å². The fourth-order valence-electron chi connectivity index (χ4n) is 1.31. The van der Waals surface area contributed by atoms with Crippen molar-refractivity contribution in [3.63, 3.8) is 0 Å². The van der Waals surface area contributed by atoms with E-state index in [0.29, 0.717) is 12.5 Å². The lowest BCUT2D eigenvalue weighted by Crippen LogP contribution is -2.29. The molecule has 2 aliphatic rings. The molecule has 0 saturated heterocycles. The maximum Gasteiger partial charge on any atom is 0.411 e. The number of carbonyl (C=O) groups excluding carboxylic acids is 1. The van der Waals surface area contributed by atoms with Crippen LogP contribution in [0.4, 0.5) is 4.79 Å². The molecule has 0 saturated carbocycles. The molecule has 1 aliphatic heterocycles. The van der Waals surface area contributed by atoms with Gasteiger partial charge in [0.1, 0.15) is 6.61 Å². The summed E-state index contributed by atoms with van der Waals surface area (Å²) in [6.45, 7) is 6.46. The Morgan fingerprint density at radius 3 is 2.73 bits per heavy atom. The lowest BCUT2D eigenvalue weighted by atomic mass is 10.1. The van der Waals surface area contributed by atoms with Crippen LogP contribution in [0.3, 0.4) is 0 Å². The molecule has 0 bridgehead atoms. The van der Waals surface area contributed by atoms with Gasteiger partial charge in [-0.1, -0.05) is 39.0 Å². The third-order valence-electron chi connectivity index (χ3n) is 2.11. The molecule has 15 heavy (non-hydrogen) atoms. The Labute approximate surface area is 90.5 Å². The summed E-state index contributed by atoms with van der Waals surface area (Å²) in [5.41, 5.74) is 1.89. The quantitative estimate of drug-likeness (QED) is 0.663. The minimum atomic E-state index is -0.369. The maximum atomic E-state index is 10.9. The van der Waals surface area contributed by atoms with Crippen LogP contribution in [0.2, 0.25) is 0 Å². The number of allylic oxidation sites excluding steroid dienone is 3. The Hall–Kier alpha value is -1.51. The van der Waals surface area contributed by atoms with E-state index in [2.05, 4.69) is 18.3 Å². The molecule has 0 aromatic rings. The van der Waals surface area contributed by atoms with Gasteiger partial charge in [-0.25, -0.2) is 4.79 Å². The summed E-state index contributed by atoms with van der Waals surface area (Å²) in [5.74, 6) is 0.405. The average molecular weight is 207 g/mol. The Kier molecular flexibility index (Phi) is 4.16. The summed E-state index contributed by atoms with van der Waals surface area (Å²) in [5, 5.41) is 2.66. The van der Waals surface area contributed by atoms with Gasteiger partial charge in [0.15, 0.2) is 0 Å². The van der Waals surface area contributed by atoms with Gasteiger partial charge in [0.2, 0.25) is 0 Å². The van der Waals surface area contributed by atoms with Crippen LogP contribution in [-0.4, -0.2) is 12.7 Å². The second-order valence-corrected chi connectivity index (χ2v) is 3.22. The lowest BCUT2D eigenvalue weighted by molar-refractivity contribution is 0.154. The highest BCUT2D eigenvalue weighted by molar-refractivity contribution is 5.73. The first kappa shape index (κ1) is 11.6. The highest BCUT2D eigenvalue weighted by atomic mass is 16.5. The zero-order chi connectivity index (χ0) is 11.3. The predicted molar refractivity (Wildman–Crippen MR) is 60.3 cm³/mol. The van der Waals surface area contributed by atoms with E-state index in [1.807, 2.05) is 32.1 Å². The predicted octanol–water partition coefficient (Wildman–Crippen LogP) is 2.77. The van der Waals surface area contributed by atoms with Crippen LogP contribution in [0.1, 0.15) is 20.8 Å². The number of nitrogens with one attached hydrogen (secondary N) is 1. The summed E-state index contributed by atoms with van der Waals surface area (Å²) < 4.78 is 4.85. The first-order chi connectivity index (χ1) is 7.25. The lowest BCUT2D eigenvalue weighted by Gasteiger charge is -2.16. The monoisotopic (exact) mass is 207 g/mol. The van der Waals surface area contributed by atoms with E-state index in [1.165, 1.54) is 0 Å². The molecule has 0 spiro atoms. The van der Waals surface area contributed by atoms with Crippen molar-refractivity contribution in [2.75, 3.05) is 6.61 Å². The summed E-state index contributed by atoms with van der Waals surface area (Å²) in [7, 11) is 0. The van der Waals surface area contributed by atoms with Crippen molar-refractivity contribution in [3.8, 4) is 0 Å². The molecular formula is C12H17NO2. The Bertz CT molecular complexity index is 327. The van der Waals surface area contributed by atoms with Gasteiger partial charge < -0.3 is 4.74 Å². The maximum absolute atomic E-state index is 10.9. The first-order valence-electron chi connectivity index (χ1n) is 5.29. The molecule has 3 heteroatoms. The minimum Gasteiger partial charge on any atom is -0.444 e. The SMILES string of the molecule is CC.CC1C=CC2=C(C=C1)NC(=O)OC2. The molecular weight excluding hydrogens is 190 g/mol. The molecule has 2 rings (SSSR count). The molecule has 1 unspecified atom stereocenters. The summed E-state index contributed by atoms with van der Waals surface area (Å²) in [4.78, 5) is 10.9. The average Bonchev–Trinajstić information content (AvgIpc) is 2.44. The molecule has 1 amide bonds. The second-order valence-electron chi connectivity index (χ2n) is 3.22. The van der Waals surface area contributed by atoms with Crippen molar-refractivity contribution in [2.24, 2.45) is 5.92 Å². The first-order valence-corrected chi connectivity index (χ1v) is 5.29. The van der Waals surface area contributed by atoms with Crippen molar-refractivity contribution < 1.29 is 9.53 Å². The van der Waals surface area contributed by atoms with Crippen LogP contribution in [0, 0.1) is 5.92 Å². The standard InChI is InChI=1S/C10H11NO2.C2H6/c1-7-2-4-8-6-13-10(12)11-9(8)5-3-7;1-2/h2-5,7H,6H2,1H3,(H,11,12);1-2H3. The summed E-state index contributed by atoms with van der Waals surface area (Å²) >= 11 is 0. The van der Waals surface area contributed by atoms with E-state index < -0.39 is 0 Å². The fraction of sp³-hybridized carbons (Fsp3) is 0.417. The number of carbonyl (C=O) groups is 1. The van der Waals surface area contributed by atoms with Crippen LogP contribution < -0.4 is 5.32 Å². The third-order valence-corrected chi connectivity index (χ3v) is 2.11. The van der Waals surface area contributed by atoms with Crippen molar-refractivity contribution >= 4 is 6.09 Å². The molecule has 0 fully saturated rings. The largest absolute Gasteiger partial charge is 0.444 e. The highest BCUT2D eigenvalue weighted by Gasteiger charge is 2.16. The third kappa shape index (κ3) is 2.98. The zero-order valence-corrected chi connectivity index (χ0v) is 9.41. The Morgan fingerprint density at radius 2 is 2.00 bits per heavy atom. The summed E-state index contributed by atoms with van der Waals surface area (Å²) in [6.07, 6.45) is 7.69. The number of hydrogen-bond acceptors (Lipinski definition) is 2. The zero-order valence-electron chi connectivity index (χ0n) is 9.41. The Morgan fingerprint density at radius 1 is 1.33 bits per heavy atom. The van der Waals surface area contributed by atoms with Gasteiger partial charge in [-0.15, -0.1) is 0 Å². The van der Waals surface area contributed by atoms with Gasteiger partial charge in [0, 0.05) is 5.57 Å². The number of ether oxygens (including phenoxy) is 1. The molecule has 1 heterocycles. The van der Waals surface area contributed by atoms with Crippen molar-refractivity contribution in [1.82, 2.24) is 5.32 Å². The molecule has 1 atom stereocenters. The summed E-state index contributed by atoms with van der Waals surface area (Å²) in [6, 6.07) is 0. The number of rotatable bonds is 0. The van der Waals surface area contributed by atoms with E-state index in [1.54, 1.807) is 0 Å². The molecule has 0 aromatic carbocycles. The molecule has 0 aromatic heterocycles. The molecule has 1 N–H and O–H groups in total. The number of alkyl carbamates (subject to hydrolysis) is 1. The van der Waals surface area contributed by atoms with Gasteiger partial charge in [0.25, 0.3) is 0 Å². The van der Waals surface area contributed by atoms with Crippen LogP contribution in [0.25, 0.3) is 0 Å². The molecule has 82 valence electrons. The van der Waals surface area contributed by atoms with Gasteiger partial charge in [-0.2, -0.15) is 0 Å². The van der Waals surface area contributed by atoms with Gasteiger partial charge in [-0.3, -0.25) is 5.32 Å². The number of hydrogen-bond donors (Lipinski definition) is 1. The highest BCUT2D eigenvalue weighted by Crippen LogP contribution is 2.17. The van der Waals surface area contributed by atoms with E-state index in [4.69, 9.17) is 4.74 Å². The van der Waals surface area contributed by atoms with Crippen LogP contribution in [0.15, 0.2) is 35.6 Å². The normalized spacial score (nSPS) is 23.1. The van der Waals surface area contributed by atoms with Crippen LogP contribution in [-0.2, 0) is 4.74 Å². The van der Waals surface area contributed by atoms with E-state index in [-0.39, 0.29) is 6.09 Å². The number of amides is 1. The smallest absolute Gasteiger partial charge is 0.411 e. The Balaban J connectivity index is 0.000000531. The number of cyclic esters (lactones) is 1. The second kappa shape index (κ2) is 5.39. The van der Waals surface area contributed by atoms with E-state index >= 15 is 0 Å². The van der Waals surface area contributed by atoms with Gasteiger partial charge in [0.05, 0.1) is 5.70 Å². The van der Waals surface area contributed by atoms with Crippen LogP contribution in [0.5, 0.6) is 0 Å². The van der Waals surface area contributed by atoms with E-state index in [9.17, 15) is 4.79 Å². The van der Waals surface area contributed by atoms with Crippen LogP contribution >= 0.6 is 0 Å². The van der Waals surface area contributed by atoms with Crippen molar-refractivity contribution in [1.29, 1.82) is 0 Å². The van der Waals surface area contributed by atoms with Gasteiger partial charge >= 0.3 is 6.09 Å². The topological polar surface area (TPSA) is 38.3 Å². The molecule has 0 radical (unpaired) electrons. The van der Waals surface area contributed by atoms with E-state index in [0.717, 1.165) is 11.3 Å². The van der Waals surface area contributed by atoms with Crippen molar-refractivity contribution in [2.45, 2.75) is 20.8 Å². The fourth-order valence-corrected chi connectivity index (χ4v) is 1.31.